The Morgan fingerprint density at radius 1 is 1.32 bits per heavy atom. The second-order valence-electron chi connectivity index (χ2n) is 6.22. The SMILES string of the molecule is CCc1ccc(C(C)CC(=O)N2CCC[C@H](C(=O)O)C2)cc1. The third kappa shape index (κ3) is 4.09. The molecule has 0 bridgehead atoms. The fourth-order valence-corrected chi connectivity index (χ4v) is 3.00. The summed E-state index contributed by atoms with van der Waals surface area (Å²) < 4.78 is 0. The largest absolute Gasteiger partial charge is 0.481 e. The number of carbonyl (C=O) groups excluding carboxylic acids is 1. The molecule has 1 aromatic rings. The third-order valence-electron chi connectivity index (χ3n) is 4.56. The van der Waals surface area contributed by atoms with E-state index >= 15 is 0 Å². The predicted octanol–water partition coefficient (Wildman–Crippen LogP) is 3.07. The first-order chi connectivity index (χ1) is 10.5. The number of carboxylic acid groups (broad SMARTS) is 1. The van der Waals surface area contributed by atoms with Gasteiger partial charge in [-0.3, -0.25) is 9.59 Å². The summed E-state index contributed by atoms with van der Waals surface area (Å²) in [4.78, 5) is 25.2. The van der Waals surface area contributed by atoms with E-state index in [1.165, 1.54) is 5.56 Å². The van der Waals surface area contributed by atoms with Crippen molar-refractivity contribution in [3.8, 4) is 0 Å². The van der Waals surface area contributed by atoms with Crippen molar-refractivity contribution in [1.82, 2.24) is 4.90 Å². The fourth-order valence-electron chi connectivity index (χ4n) is 3.00. The van der Waals surface area contributed by atoms with Gasteiger partial charge in [0, 0.05) is 19.5 Å². The zero-order chi connectivity index (χ0) is 16.1. The van der Waals surface area contributed by atoms with Gasteiger partial charge >= 0.3 is 5.97 Å². The Labute approximate surface area is 132 Å². The maximum atomic E-state index is 12.4. The number of hydrogen-bond acceptors (Lipinski definition) is 2. The molecule has 1 heterocycles. The highest BCUT2D eigenvalue weighted by atomic mass is 16.4. The smallest absolute Gasteiger partial charge is 0.308 e. The molecule has 120 valence electrons. The van der Waals surface area contributed by atoms with Crippen molar-refractivity contribution < 1.29 is 14.7 Å². The normalized spacial score (nSPS) is 19.7. The number of rotatable bonds is 5. The van der Waals surface area contributed by atoms with E-state index in [-0.39, 0.29) is 11.8 Å². The summed E-state index contributed by atoms with van der Waals surface area (Å²) in [5.41, 5.74) is 2.46. The van der Waals surface area contributed by atoms with Crippen molar-refractivity contribution in [2.45, 2.75) is 45.4 Å². The van der Waals surface area contributed by atoms with Crippen LogP contribution in [0.25, 0.3) is 0 Å². The van der Waals surface area contributed by atoms with Crippen molar-refractivity contribution in [2.24, 2.45) is 5.92 Å². The minimum atomic E-state index is -0.791. The van der Waals surface area contributed by atoms with Crippen LogP contribution in [0.5, 0.6) is 0 Å². The van der Waals surface area contributed by atoms with Gasteiger partial charge in [-0.15, -0.1) is 0 Å². The molecule has 2 atom stereocenters. The number of aliphatic carboxylic acids is 1. The van der Waals surface area contributed by atoms with Gasteiger partial charge in [0.05, 0.1) is 5.92 Å². The van der Waals surface area contributed by atoms with E-state index in [2.05, 4.69) is 38.1 Å². The molecule has 1 fully saturated rings. The van der Waals surface area contributed by atoms with Crippen LogP contribution in [0.4, 0.5) is 0 Å². The van der Waals surface area contributed by atoms with Crippen LogP contribution in [-0.4, -0.2) is 35.0 Å². The van der Waals surface area contributed by atoms with Crippen LogP contribution < -0.4 is 0 Å². The van der Waals surface area contributed by atoms with Gasteiger partial charge in [-0.1, -0.05) is 38.1 Å². The van der Waals surface area contributed by atoms with E-state index in [0.717, 1.165) is 18.4 Å². The highest BCUT2D eigenvalue weighted by Crippen LogP contribution is 2.23. The molecule has 22 heavy (non-hydrogen) atoms. The van der Waals surface area contributed by atoms with E-state index in [9.17, 15) is 9.59 Å². The van der Waals surface area contributed by atoms with Gasteiger partial charge in [0.15, 0.2) is 0 Å². The van der Waals surface area contributed by atoms with Crippen molar-refractivity contribution in [3.05, 3.63) is 35.4 Å². The van der Waals surface area contributed by atoms with Gasteiger partial charge in [0.25, 0.3) is 0 Å². The first kappa shape index (κ1) is 16.5. The minimum absolute atomic E-state index is 0.0676. The topological polar surface area (TPSA) is 57.6 Å². The lowest BCUT2D eigenvalue weighted by atomic mass is 9.94. The number of nitrogens with zero attached hydrogens (tertiary/aromatic N) is 1. The lowest BCUT2D eigenvalue weighted by molar-refractivity contribution is -0.145. The van der Waals surface area contributed by atoms with Gasteiger partial charge in [-0.05, 0) is 36.3 Å². The second-order valence-corrected chi connectivity index (χ2v) is 6.22. The van der Waals surface area contributed by atoms with E-state index in [1.807, 2.05) is 0 Å². The standard InChI is InChI=1S/C18H25NO3/c1-3-14-6-8-15(9-7-14)13(2)11-17(20)19-10-4-5-16(12-19)18(21)22/h6-9,13,16H,3-5,10-12H2,1-2H3,(H,21,22)/t13?,16-/m0/s1. The molecule has 0 aliphatic carbocycles. The van der Waals surface area contributed by atoms with Gasteiger partial charge in [0.2, 0.25) is 5.91 Å². The first-order valence-electron chi connectivity index (χ1n) is 8.10. The highest BCUT2D eigenvalue weighted by Gasteiger charge is 2.28. The van der Waals surface area contributed by atoms with Crippen LogP contribution in [0, 0.1) is 5.92 Å². The summed E-state index contributed by atoms with van der Waals surface area (Å²) in [6.07, 6.45) is 2.91. The van der Waals surface area contributed by atoms with E-state index < -0.39 is 11.9 Å². The Balaban J connectivity index is 1.93. The number of piperidine rings is 1. The van der Waals surface area contributed by atoms with E-state index in [4.69, 9.17) is 5.11 Å². The molecule has 2 rings (SSSR count). The Morgan fingerprint density at radius 2 is 2.00 bits per heavy atom. The van der Waals surface area contributed by atoms with Gasteiger partial charge in [-0.2, -0.15) is 0 Å². The number of hydrogen-bond donors (Lipinski definition) is 1. The monoisotopic (exact) mass is 303 g/mol. The number of carboxylic acids is 1. The van der Waals surface area contributed by atoms with Crippen molar-refractivity contribution in [3.63, 3.8) is 0 Å². The zero-order valence-electron chi connectivity index (χ0n) is 13.4. The van der Waals surface area contributed by atoms with Crippen LogP contribution >= 0.6 is 0 Å². The summed E-state index contributed by atoms with van der Waals surface area (Å²) in [7, 11) is 0. The number of amides is 1. The molecule has 1 amide bonds. The molecule has 1 aromatic carbocycles. The van der Waals surface area contributed by atoms with E-state index in [0.29, 0.717) is 25.9 Å². The number of benzene rings is 1. The predicted molar refractivity (Wildman–Crippen MR) is 85.8 cm³/mol. The van der Waals surface area contributed by atoms with Crippen molar-refractivity contribution in [1.29, 1.82) is 0 Å². The zero-order valence-corrected chi connectivity index (χ0v) is 13.4. The molecule has 4 nitrogen and oxygen atoms in total. The van der Waals surface area contributed by atoms with Crippen LogP contribution in [0.3, 0.4) is 0 Å². The molecular formula is C18H25NO3. The summed E-state index contributed by atoms with van der Waals surface area (Å²) in [5.74, 6) is -0.973. The van der Waals surface area contributed by atoms with Gasteiger partial charge < -0.3 is 10.0 Å². The molecule has 1 aliphatic heterocycles. The summed E-state index contributed by atoms with van der Waals surface area (Å²) in [5, 5.41) is 9.11. The molecule has 0 spiro atoms. The van der Waals surface area contributed by atoms with Crippen LogP contribution in [0.1, 0.15) is 50.2 Å². The first-order valence-corrected chi connectivity index (χ1v) is 8.10. The molecule has 4 heteroatoms. The summed E-state index contributed by atoms with van der Waals surface area (Å²) >= 11 is 0. The Morgan fingerprint density at radius 3 is 2.59 bits per heavy atom. The summed E-state index contributed by atoms with van der Waals surface area (Å²) in [6.45, 7) is 5.22. The molecule has 0 saturated carbocycles. The maximum absolute atomic E-state index is 12.4. The fraction of sp³-hybridized carbons (Fsp3) is 0.556. The Kier molecular flexibility index (Phi) is 5.58. The van der Waals surface area contributed by atoms with Gasteiger partial charge in [0.1, 0.15) is 0 Å². The number of aryl methyl sites for hydroxylation is 1. The minimum Gasteiger partial charge on any atom is -0.481 e. The van der Waals surface area contributed by atoms with Crippen LogP contribution in [0.15, 0.2) is 24.3 Å². The average Bonchev–Trinajstić information content (AvgIpc) is 2.54. The van der Waals surface area contributed by atoms with Crippen LogP contribution in [-0.2, 0) is 16.0 Å². The van der Waals surface area contributed by atoms with Crippen LogP contribution in [0.2, 0.25) is 0 Å². The van der Waals surface area contributed by atoms with Crippen molar-refractivity contribution >= 4 is 11.9 Å². The molecule has 0 radical (unpaired) electrons. The maximum Gasteiger partial charge on any atom is 0.308 e. The number of likely N-dealkylation sites (tertiary alicyclic amines) is 1. The highest BCUT2D eigenvalue weighted by molar-refractivity contribution is 5.78. The average molecular weight is 303 g/mol. The van der Waals surface area contributed by atoms with Crippen molar-refractivity contribution in [2.75, 3.05) is 13.1 Å². The molecule has 1 N–H and O–H groups in total. The molecule has 1 aliphatic rings. The second kappa shape index (κ2) is 7.43. The Bertz CT molecular complexity index is 524. The lowest BCUT2D eigenvalue weighted by Gasteiger charge is -2.31. The molecule has 0 aromatic heterocycles. The summed E-state index contributed by atoms with van der Waals surface area (Å²) in [6, 6.07) is 8.40. The van der Waals surface area contributed by atoms with E-state index in [1.54, 1.807) is 4.90 Å². The lowest BCUT2D eigenvalue weighted by Crippen LogP contribution is -2.42. The quantitative estimate of drug-likeness (QED) is 0.909. The third-order valence-corrected chi connectivity index (χ3v) is 4.56. The molecule has 1 unspecified atom stereocenters. The molecule has 1 saturated heterocycles. The molecular weight excluding hydrogens is 278 g/mol. The Hall–Kier alpha value is -1.84. The number of carbonyl (C=O) groups is 2. The van der Waals surface area contributed by atoms with Gasteiger partial charge in [-0.25, -0.2) is 0 Å².